The number of hydrogen-bond acceptors (Lipinski definition) is 3. The van der Waals surface area contributed by atoms with Gasteiger partial charge in [-0.25, -0.2) is 0 Å². The van der Waals surface area contributed by atoms with E-state index < -0.39 is 0 Å². The zero-order valence-corrected chi connectivity index (χ0v) is 12.0. The summed E-state index contributed by atoms with van der Waals surface area (Å²) in [5.74, 6) is 0. The van der Waals surface area contributed by atoms with Crippen molar-refractivity contribution >= 4 is 0 Å². The minimum absolute atomic E-state index is 0.339. The largest absolute Gasteiger partial charge is 0.392 e. The fraction of sp³-hybridized carbons (Fsp3) is 0.438. The first-order valence-corrected chi connectivity index (χ1v) is 7.22. The van der Waals surface area contributed by atoms with Crippen LogP contribution in [0.15, 0.2) is 42.7 Å². The van der Waals surface area contributed by atoms with E-state index in [2.05, 4.69) is 41.6 Å². The Hall–Kier alpha value is -1.65. The van der Waals surface area contributed by atoms with Gasteiger partial charge in [0.15, 0.2) is 0 Å². The maximum absolute atomic E-state index is 9.92. The van der Waals surface area contributed by atoms with E-state index in [9.17, 15) is 5.11 Å². The molecular weight excluding hydrogens is 250 g/mol. The van der Waals surface area contributed by atoms with E-state index in [-0.39, 0.29) is 6.10 Å². The number of aliphatic hydroxyl groups is 1. The number of aromatic nitrogens is 2. The fourth-order valence-electron chi connectivity index (χ4n) is 2.16. The quantitative estimate of drug-likeness (QED) is 0.773. The molecule has 20 heavy (non-hydrogen) atoms. The lowest BCUT2D eigenvalue weighted by Gasteiger charge is -2.12. The van der Waals surface area contributed by atoms with E-state index >= 15 is 0 Å². The summed E-state index contributed by atoms with van der Waals surface area (Å²) in [6.45, 7) is 4.32. The molecule has 0 saturated heterocycles. The summed E-state index contributed by atoms with van der Waals surface area (Å²) >= 11 is 0. The third kappa shape index (κ3) is 4.79. The Morgan fingerprint density at radius 1 is 1.30 bits per heavy atom. The van der Waals surface area contributed by atoms with Crippen molar-refractivity contribution in [1.82, 2.24) is 15.1 Å². The van der Waals surface area contributed by atoms with E-state index in [0.29, 0.717) is 13.0 Å². The molecule has 1 aromatic carbocycles. The Bertz CT molecular complexity index is 496. The molecule has 0 fully saturated rings. The highest BCUT2D eigenvalue weighted by molar-refractivity contribution is 5.23. The molecule has 108 valence electrons. The summed E-state index contributed by atoms with van der Waals surface area (Å²) in [7, 11) is 0. The molecule has 0 aliphatic carbocycles. The van der Waals surface area contributed by atoms with Gasteiger partial charge in [0.25, 0.3) is 0 Å². The Labute approximate surface area is 120 Å². The standard InChI is InChI=1S/C16H23N3O/c1-2-14-5-3-6-15(11-14)12-17-13-16(20)7-10-19-9-4-8-18-19/h3-6,8-9,11,16-17,20H,2,7,10,12-13H2,1H3. The van der Waals surface area contributed by atoms with E-state index in [1.165, 1.54) is 11.1 Å². The molecule has 4 heteroatoms. The summed E-state index contributed by atoms with van der Waals surface area (Å²) in [6.07, 6.45) is 5.10. The van der Waals surface area contributed by atoms with Crippen molar-refractivity contribution in [3.63, 3.8) is 0 Å². The maximum atomic E-state index is 9.92. The summed E-state index contributed by atoms with van der Waals surface area (Å²) in [5.41, 5.74) is 2.62. The van der Waals surface area contributed by atoms with Gasteiger partial charge in [0, 0.05) is 32.0 Å². The third-order valence-electron chi connectivity index (χ3n) is 3.36. The molecule has 1 heterocycles. The number of nitrogens with one attached hydrogen (secondary N) is 1. The third-order valence-corrected chi connectivity index (χ3v) is 3.36. The SMILES string of the molecule is CCc1cccc(CNCC(O)CCn2cccn2)c1. The second-order valence-corrected chi connectivity index (χ2v) is 5.02. The molecule has 0 spiro atoms. The van der Waals surface area contributed by atoms with Crippen LogP contribution in [0.2, 0.25) is 0 Å². The van der Waals surface area contributed by atoms with Crippen LogP contribution >= 0.6 is 0 Å². The highest BCUT2D eigenvalue weighted by Crippen LogP contribution is 2.05. The fourth-order valence-corrected chi connectivity index (χ4v) is 2.16. The highest BCUT2D eigenvalue weighted by Gasteiger charge is 2.04. The molecule has 0 aliphatic rings. The normalized spacial score (nSPS) is 12.5. The van der Waals surface area contributed by atoms with Crippen molar-refractivity contribution in [2.45, 2.75) is 39.0 Å². The van der Waals surface area contributed by atoms with Crippen molar-refractivity contribution in [2.75, 3.05) is 6.54 Å². The van der Waals surface area contributed by atoms with Crippen LogP contribution in [0.1, 0.15) is 24.5 Å². The minimum Gasteiger partial charge on any atom is -0.392 e. The second kappa shape index (κ2) is 7.82. The molecule has 1 unspecified atom stereocenters. The van der Waals surface area contributed by atoms with E-state index in [1.54, 1.807) is 6.20 Å². The van der Waals surface area contributed by atoms with Gasteiger partial charge in [-0.2, -0.15) is 5.10 Å². The number of benzene rings is 1. The van der Waals surface area contributed by atoms with Crippen molar-refractivity contribution in [1.29, 1.82) is 0 Å². The summed E-state index contributed by atoms with van der Waals surface area (Å²) in [5, 5.41) is 17.3. The monoisotopic (exact) mass is 273 g/mol. The first-order valence-electron chi connectivity index (χ1n) is 7.22. The summed E-state index contributed by atoms with van der Waals surface area (Å²) < 4.78 is 1.84. The topological polar surface area (TPSA) is 50.1 Å². The molecule has 0 bridgehead atoms. The van der Waals surface area contributed by atoms with Crippen LogP contribution in [0.3, 0.4) is 0 Å². The number of nitrogens with zero attached hydrogens (tertiary/aromatic N) is 2. The average molecular weight is 273 g/mol. The molecule has 4 nitrogen and oxygen atoms in total. The smallest absolute Gasteiger partial charge is 0.0682 e. The average Bonchev–Trinajstić information content (AvgIpc) is 2.99. The van der Waals surface area contributed by atoms with Gasteiger partial charge in [0.2, 0.25) is 0 Å². The van der Waals surface area contributed by atoms with Gasteiger partial charge in [-0.3, -0.25) is 4.68 Å². The Morgan fingerprint density at radius 2 is 2.15 bits per heavy atom. The van der Waals surface area contributed by atoms with Gasteiger partial charge in [-0.05, 0) is 30.0 Å². The van der Waals surface area contributed by atoms with Crippen LogP contribution in [-0.4, -0.2) is 27.5 Å². The Kier molecular flexibility index (Phi) is 5.77. The lowest BCUT2D eigenvalue weighted by atomic mass is 10.1. The maximum Gasteiger partial charge on any atom is 0.0682 e. The van der Waals surface area contributed by atoms with Gasteiger partial charge in [-0.1, -0.05) is 31.2 Å². The molecule has 1 atom stereocenters. The van der Waals surface area contributed by atoms with E-state index in [0.717, 1.165) is 19.5 Å². The first kappa shape index (κ1) is 14.8. The molecular formula is C16H23N3O. The molecule has 0 radical (unpaired) electrons. The lowest BCUT2D eigenvalue weighted by Crippen LogP contribution is -2.27. The zero-order chi connectivity index (χ0) is 14.2. The van der Waals surface area contributed by atoms with Crippen LogP contribution in [0.4, 0.5) is 0 Å². The van der Waals surface area contributed by atoms with Crippen LogP contribution in [-0.2, 0) is 19.5 Å². The molecule has 0 aliphatic heterocycles. The molecule has 2 N–H and O–H groups in total. The molecule has 0 amide bonds. The Morgan fingerprint density at radius 3 is 2.90 bits per heavy atom. The van der Waals surface area contributed by atoms with Crippen LogP contribution in [0.25, 0.3) is 0 Å². The van der Waals surface area contributed by atoms with Gasteiger partial charge in [-0.15, -0.1) is 0 Å². The van der Waals surface area contributed by atoms with Crippen LogP contribution in [0.5, 0.6) is 0 Å². The molecule has 2 rings (SSSR count). The van der Waals surface area contributed by atoms with E-state index in [1.807, 2.05) is 16.9 Å². The second-order valence-electron chi connectivity index (χ2n) is 5.02. The van der Waals surface area contributed by atoms with Gasteiger partial charge < -0.3 is 10.4 Å². The van der Waals surface area contributed by atoms with E-state index in [4.69, 9.17) is 0 Å². The molecule has 2 aromatic rings. The molecule has 0 saturated carbocycles. The van der Waals surface area contributed by atoms with Gasteiger partial charge >= 0.3 is 0 Å². The van der Waals surface area contributed by atoms with Crippen molar-refractivity contribution < 1.29 is 5.11 Å². The van der Waals surface area contributed by atoms with Crippen molar-refractivity contribution in [3.05, 3.63) is 53.9 Å². The van der Waals surface area contributed by atoms with Crippen molar-refractivity contribution in [2.24, 2.45) is 0 Å². The number of hydrogen-bond donors (Lipinski definition) is 2. The zero-order valence-electron chi connectivity index (χ0n) is 12.0. The van der Waals surface area contributed by atoms with Crippen molar-refractivity contribution in [3.8, 4) is 0 Å². The minimum atomic E-state index is -0.339. The number of rotatable bonds is 8. The summed E-state index contributed by atoms with van der Waals surface area (Å²) in [4.78, 5) is 0. The van der Waals surface area contributed by atoms with Crippen LogP contribution < -0.4 is 5.32 Å². The first-order chi connectivity index (χ1) is 9.78. The van der Waals surface area contributed by atoms with Gasteiger partial charge in [0.05, 0.1) is 6.10 Å². The predicted octanol–water partition coefficient (Wildman–Crippen LogP) is 1.99. The van der Waals surface area contributed by atoms with Gasteiger partial charge in [0.1, 0.15) is 0 Å². The predicted molar refractivity (Wildman–Crippen MR) is 80.4 cm³/mol. The highest BCUT2D eigenvalue weighted by atomic mass is 16.3. The number of aryl methyl sites for hydroxylation is 2. The summed E-state index contributed by atoms with van der Waals surface area (Å²) in [6, 6.07) is 10.4. The molecule has 1 aromatic heterocycles. The van der Waals surface area contributed by atoms with Crippen LogP contribution in [0, 0.1) is 0 Å². The number of aliphatic hydroxyl groups excluding tert-OH is 1. The lowest BCUT2D eigenvalue weighted by molar-refractivity contribution is 0.154. The Balaban J connectivity index is 1.66.